The fourth-order valence-corrected chi connectivity index (χ4v) is 10.4. The largest absolute Gasteiger partial charge is 1.00 e. The van der Waals surface area contributed by atoms with Crippen LogP contribution in [0, 0.1) is 0 Å². The van der Waals surface area contributed by atoms with Crippen LogP contribution in [0.15, 0.2) is 121 Å². The van der Waals surface area contributed by atoms with Crippen LogP contribution in [-0.4, -0.2) is 158 Å². The third-order valence-electron chi connectivity index (χ3n) is 14.0. The van der Waals surface area contributed by atoms with Crippen molar-refractivity contribution in [3.8, 4) is 0 Å². The Labute approximate surface area is 500 Å². The maximum atomic E-state index is 13.9. The number of carbonyl (C=O) groups excluding carboxylic acids is 3. The summed E-state index contributed by atoms with van der Waals surface area (Å²) in [6, 6.07) is 34.8. The minimum Gasteiger partial charge on any atom is -0.726 e. The first-order chi connectivity index (χ1) is 39.0. The van der Waals surface area contributed by atoms with Gasteiger partial charge in [0.15, 0.2) is 25.1 Å². The molecule has 4 aromatic carbocycles. The quantitative estimate of drug-likeness (QED) is 0.0128. The van der Waals surface area contributed by atoms with E-state index in [1.54, 1.807) is 25.1 Å². The summed E-state index contributed by atoms with van der Waals surface area (Å²) in [5, 5.41) is 40.5. The summed E-state index contributed by atoms with van der Waals surface area (Å²) in [6.45, 7) is 4.59. The van der Waals surface area contributed by atoms with Crippen LogP contribution in [0.2, 0.25) is 0 Å². The van der Waals surface area contributed by atoms with Gasteiger partial charge in [-0.1, -0.05) is 135 Å². The van der Waals surface area contributed by atoms with Gasteiger partial charge in [0.2, 0.25) is 16.3 Å². The first kappa shape index (κ1) is 66.8. The minimum absolute atomic E-state index is 0. The average Bonchev–Trinajstić information content (AvgIpc) is 3.28. The molecule has 1 unspecified atom stereocenters. The summed E-state index contributed by atoms with van der Waals surface area (Å²) in [5.41, 5.74) is 2.61. The van der Waals surface area contributed by atoms with E-state index < -0.39 is 120 Å². The molecule has 5 N–H and O–H groups in total. The van der Waals surface area contributed by atoms with Gasteiger partial charge in [-0.05, 0) is 55.5 Å². The number of esters is 1. The molecular weight excluding hydrogens is 1100 g/mol. The van der Waals surface area contributed by atoms with Crippen LogP contribution in [0.25, 0.3) is 0 Å². The van der Waals surface area contributed by atoms with Crippen LogP contribution in [-0.2, 0) is 91.4 Å². The smallest absolute Gasteiger partial charge is 0.726 e. The van der Waals surface area contributed by atoms with E-state index in [9.17, 15) is 42.7 Å². The van der Waals surface area contributed by atoms with Crippen molar-refractivity contribution >= 4 is 28.2 Å². The number of methoxy groups -OCH3 is 1. The molecule has 3 aliphatic rings. The fourth-order valence-electron chi connectivity index (χ4n) is 9.88. The van der Waals surface area contributed by atoms with Gasteiger partial charge in [0, 0.05) is 25.5 Å². The maximum Gasteiger partial charge on any atom is 1.00 e. The fraction of sp³-hybridized carbons (Fsp3) is 0.534. The molecule has 0 bridgehead atoms. The van der Waals surface area contributed by atoms with E-state index in [1.807, 2.05) is 91.0 Å². The number of unbranched alkanes of at least 4 members (excludes halogenated alkanes) is 5. The maximum absolute atomic E-state index is 13.9. The second-order valence-electron chi connectivity index (χ2n) is 20.2. The first-order valence-electron chi connectivity index (χ1n) is 27.2. The van der Waals surface area contributed by atoms with Gasteiger partial charge < -0.3 is 77.9 Å². The molecular formula is C58H75N2NaO20S. The van der Waals surface area contributed by atoms with Crippen molar-refractivity contribution in [1.82, 2.24) is 10.6 Å². The van der Waals surface area contributed by atoms with Gasteiger partial charge in [-0.15, -0.1) is 0 Å². The summed E-state index contributed by atoms with van der Waals surface area (Å²) < 4.78 is 105. The Morgan fingerprint density at radius 3 is 1.65 bits per heavy atom. The summed E-state index contributed by atoms with van der Waals surface area (Å²) in [5.74, 6) is -1.64. The Kier molecular flexibility index (Phi) is 27.2. The van der Waals surface area contributed by atoms with E-state index in [0.717, 1.165) is 36.0 Å². The molecule has 3 aliphatic heterocycles. The van der Waals surface area contributed by atoms with Crippen LogP contribution >= 0.6 is 0 Å². The second-order valence-corrected chi connectivity index (χ2v) is 21.2. The molecule has 2 amide bonds. The Morgan fingerprint density at radius 1 is 0.598 bits per heavy atom. The SMILES string of the molecule is COC(=O)CCCCCCCCO[C@@H]1O[C@H](C(O)NC(=O)c2ccccc2)[C@@H](O[C@@H]2O[C@H](C)[C@H](O)[C@H](OS(=O)(=O)[O-])[C@H]2O)[C@H](O[C@@H]2O[C@@H](C)[C@@H](OCc3ccccc3)[C@@H](OCc3ccccc3)[C@@H]2OCc2ccccc2)[C@H]1NC(C)=O.[Na+]. The first-order valence-corrected chi connectivity index (χ1v) is 28.6. The zero-order valence-corrected chi connectivity index (χ0v) is 49.6. The number of aliphatic hydroxyl groups is 3. The summed E-state index contributed by atoms with van der Waals surface area (Å²) in [4.78, 5) is 39.0. The van der Waals surface area contributed by atoms with Crippen LogP contribution in [0.1, 0.15) is 92.8 Å². The van der Waals surface area contributed by atoms with Crippen molar-refractivity contribution in [2.45, 2.75) is 184 Å². The molecule has 82 heavy (non-hydrogen) atoms. The Morgan fingerprint density at radius 2 is 1.10 bits per heavy atom. The normalized spacial score (nSPS) is 28.7. The standard InChI is InChI=1S/C58H76N2O20S.Na/c1-36-45(63)49(80-81(67,68)69)46(64)57(75-36)78-51-48(44(59-38(3)61)56(71-32-22-8-6-5-7-21-31-43(62)70-4)79-52(51)55(66)60-54(65)42-29-19-12-20-30-42)77-58-53(74-35-41-27-17-11-18-28-41)50(73-34-40-25-15-10-16-26-40)47(37(2)76-58)72-33-39-23-13-9-14-24-39;/h9-20,23-30,36-37,44-53,55-58,63-64,66H,5-8,21-22,31-35H2,1-4H3,(H,59,61)(H,60,65)(H,67,68,69);/q;+1/p-1/t36-,37+,44-,45+,46-,47-,48-,49+,50-,51+,52+,53+,55?,56-,57+,58+;/m1./s1. The van der Waals surface area contributed by atoms with Gasteiger partial charge in [0.1, 0.15) is 61.0 Å². The van der Waals surface area contributed by atoms with Gasteiger partial charge >= 0.3 is 35.5 Å². The molecule has 7 rings (SSSR count). The van der Waals surface area contributed by atoms with Gasteiger partial charge in [-0.3, -0.25) is 18.6 Å². The van der Waals surface area contributed by atoms with E-state index in [2.05, 4.69) is 14.8 Å². The van der Waals surface area contributed by atoms with Crippen LogP contribution < -0.4 is 40.2 Å². The molecule has 22 nitrogen and oxygen atoms in total. The van der Waals surface area contributed by atoms with Crippen LogP contribution in [0.4, 0.5) is 0 Å². The predicted molar refractivity (Wildman–Crippen MR) is 287 cm³/mol. The van der Waals surface area contributed by atoms with Crippen LogP contribution in [0.3, 0.4) is 0 Å². The van der Waals surface area contributed by atoms with Gasteiger partial charge in [0.05, 0.1) is 39.1 Å². The molecule has 3 saturated heterocycles. The Balaban J connectivity index is 0.0000108. The average molecular weight is 1180 g/mol. The molecule has 0 aliphatic carbocycles. The number of carbonyl (C=O) groups is 3. The number of ether oxygens (including phenoxy) is 10. The molecule has 0 spiro atoms. The molecule has 0 radical (unpaired) electrons. The van der Waals surface area contributed by atoms with Crippen molar-refractivity contribution < 1.29 is 124 Å². The monoisotopic (exact) mass is 1170 g/mol. The third kappa shape index (κ3) is 19.9. The summed E-state index contributed by atoms with van der Waals surface area (Å²) >= 11 is 0. The second kappa shape index (κ2) is 33.4. The number of benzene rings is 4. The topological polar surface area (TPSA) is 295 Å². The minimum atomic E-state index is -5.56. The number of rotatable bonds is 29. The van der Waals surface area contributed by atoms with E-state index >= 15 is 0 Å². The van der Waals surface area contributed by atoms with Crippen molar-refractivity contribution in [2.24, 2.45) is 0 Å². The molecule has 0 saturated carbocycles. The Bertz CT molecular complexity index is 2640. The third-order valence-corrected chi connectivity index (χ3v) is 14.5. The van der Waals surface area contributed by atoms with E-state index in [1.165, 1.54) is 33.1 Å². The molecule has 4 aromatic rings. The number of hydrogen-bond acceptors (Lipinski definition) is 20. The van der Waals surface area contributed by atoms with Crippen molar-refractivity contribution in [3.05, 3.63) is 144 Å². The zero-order valence-electron chi connectivity index (χ0n) is 46.8. The van der Waals surface area contributed by atoms with Crippen molar-refractivity contribution in [2.75, 3.05) is 13.7 Å². The Hall–Kier alpha value is -4.32. The molecule has 0 aromatic heterocycles. The number of nitrogens with one attached hydrogen (secondary N) is 2. The van der Waals surface area contributed by atoms with E-state index in [-0.39, 0.29) is 67.5 Å². The molecule has 444 valence electrons. The van der Waals surface area contributed by atoms with E-state index in [4.69, 9.17) is 47.4 Å². The van der Waals surface area contributed by atoms with E-state index in [0.29, 0.717) is 25.7 Å². The molecule has 3 heterocycles. The van der Waals surface area contributed by atoms with Crippen LogP contribution in [0.5, 0.6) is 0 Å². The molecule has 16 atom stereocenters. The molecule has 24 heteroatoms. The van der Waals surface area contributed by atoms with Gasteiger partial charge in [0.25, 0.3) is 5.91 Å². The predicted octanol–water partition coefficient (Wildman–Crippen LogP) is 1.47. The van der Waals surface area contributed by atoms with Crippen molar-refractivity contribution in [3.63, 3.8) is 0 Å². The number of aliphatic hydroxyl groups excluding tert-OH is 3. The van der Waals surface area contributed by atoms with Crippen molar-refractivity contribution in [1.29, 1.82) is 0 Å². The van der Waals surface area contributed by atoms with Gasteiger partial charge in [-0.25, -0.2) is 8.42 Å². The number of amides is 2. The molecule has 3 fully saturated rings. The van der Waals surface area contributed by atoms with Gasteiger partial charge in [-0.2, -0.15) is 0 Å². The summed E-state index contributed by atoms with van der Waals surface area (Å²) in [7, 11) is -4.21. The number of hydrogen-bond donors (Lipinski definition) is 5. The zero-order chi connectivity index (χ0) is 57.9. The summed E-state index contributed by atoms with van der Waals surface area (Å²) in [6.07, 6.45) is -19.0.